The van der Waals surface area contributed by atoms with Gasteiger partial charge in [0.25, 0.3) is 0 Å². The van der Waals surface area contributed by atoms with Crippen LogP contribution in [-0.4, -0.2) is 11.1 Å². The molecular formula is C7H16N2. The van der Waals surface area contributed by atoms with E-state index in [1.54, 1.807) is 20.8 Å². The van der Waals surface area contributed by atoms with Crippen molar-refractivity contribution in [1.82, 2.24) is 11.5 Å². The van der Waals surface area contributed by atoms with E-state index < -0.39 is 11.1 Å². The number of nitrogens with one attached hydrogen (secondary N) is 2. The van der Waals surface area contributed by atoms with Crippen molar-refractivity contribution < 1.29 is 0 Å². The van der Waals surface area contributed by atoms with Crippen molar-refractivity contribution in [2.24, 2.45) is 0 Å². The first kappa shape index (κ1) is 8.92. The minimum absolute atomic E-state index is 0.604. The van der Waals surface area contributed by atoms with E-state index in [1.165, 1.54) is 0 Å². The summed E-state index contributed by atoms with van der Waals surface area (Å²) in [6, 6.07) is 0. The van der Waals surface area contributed by atoms with Crippen LogP contribution in [0, 0.1) is 0 Å². The van der Waals surface area contributed by atoms with Crippen molar-refractivity contribution in [2.45, 2.75) is 45.2 Å². The fourth-order valence-electron chi connectivity index (χ4n) is 0.442. The second kappa shape index (κ2) is 2.27. The first-order valence-electron chi connectivity index (χ1n) is 3.31. The smallest absolute Gasteiger partial charge is 0.0482 e. The molecule has 0 bridgehead atoms. The first-order valence-corrected chi connectivity index (χ1v) is 3.31. The molecule has 0 aromatic carbocycles. The highest BCUT2D eigenvalue weighted by Gasteiger charge is 2.33. The van der Waals surface area contributed by atoms with Crippen LogP contribution in [0.25, 0.3) is 0 Å². The lowest BCUT2D eigenvalue weighted by Gasteiger charge is -2.35. The summed E-state index contributed by atoms with van der Waals surface area (Å²) in [5, 5.41) is 0. The molecule has 0 aliphatic heterocycles. The molecule has 0 fully saturated rings. The maximum absolute atomic E-state index is 7.64. The molecule has 2 radical (unpaired) electrons. The summed E-state index contributed by atoms with van der Waals surface area (Å²) in [5.41, 5.74) is 13.9. The second-order valence-electron chi connectivity index (χ2n) is 3.31. The molecule has 0 spiro atoms. The quantitative estimate of drug-likeness (QED) is 0.541. The minimum Gasteiger partial charge on any atom is -0.250 e. The molecule has 1 unspecified atom stereocenters. The van der Waals surface area contributed by atoms with Gasteiger partial charge < -0.3 is 0 Å². The van der Waals surface area contributed by atoms with Crippen LogP contribution in [0.2, 0.25) is 0 Å². The summed E-state index contributed by atoms with van der Waals surface area (Å²) in [4.78, 5) is 0. The van der Waals surface area contributed by atoms with E-state index in [2.05, 4.69) is 0 Å². The first-order chi connectivity index (χ1) is 3.81. The molecule has 0 aromatic rings. The Balaban J connectivity index is 4.14. The number of rotatable bonds is 2. The van der Waals surface area contributed by atoms with Gasteiger partial charge in [0.2, 0.25) is 0 Å². The standard InChI is InChI=1S/C7H16N2/c1-5-7(4,9)6(2,3)8/h8-9H,5H2,1-4H3. The average Bonchev–Trinajstić information content (AvgIpc) is 1.64. The molecule has 0 saturated heterocycles. The maximum atomic E-state index is 7.64. The highest BCUT2D eigenvalue weighted by molar-refractivity contribution is 4.95. The molecule has 2 nitrogen and oxygen atoms in total. The van der Waals surface area contributed by atoms with E-state index in [9.17, 15) is 0 Å². The van der Waals surface area contributed by atoms with Gasteiger partial charge in [-0.05, 0) is 27.2 Å². The van der Waals surface area contributed by atoms with Crippen molar-refractivity contribution in [3.63, 3.8) is 0 Å². The molecule has 0 aliphatic carbocycles. The average molecular weight is 128 g/mol. The van der Waals surface area contributed by atoms with Gasteiger partial charge in [-0.15, -0.1) is 0 Å². The van der Waals surface area contributed by atoms with Gasteiger partial charge in [0.05, 0.1) is 0 Å². The lowest BCUT2D eigenvalue weighted by atomic mass is 9.81. The predicted molar refractivity (Wildman–Crippen MR) is 39.0 cm³/mol. The van der Waals surface area contributed by atoms with Gasteiger partial charge in [-0.25, -0.2) is 11.5 Å². The SMILES string of the molecule is CCC(C)([NH])C(C)(C)[NH]. The van der Waals surface area contributed by atoms with Crippen LogP contribution in [0.3, 0.4) is 0 Å². The second-order valence-corrected chi connectivity index (χ2v) is 3.31. The van der Waals surface area contributed by atoms with Gasteiger partial charge in [0.15, 0.2) is 0 Å². The molecule has 0 heterocycles. The van der Waals surface area contributed by atoms with Crippen LogP contribution in [-0.2, 0) is 0 Å². The van der Waals surface area contributed by atoms with E-state index in [0.29, 0.717) is 0 Å². The summed E-state index contributed by atoms with van der Waals surface area (Å²) >= 11 is 0. The third kappa shape index (κ3) is 1.95. The van der Waals surface area contributed by atoms with E-state index in [0.717, 1.165) is 6.42 Å². The van der Waals surface area contributed by atoms with E-state index in [1.807, 2.05) is 6.92 Å². The summed E-state index contributed by atoms with van der Waals surface area (Å²) in [5.74, 6) is 0. The molecule has 0 rings (SSSR count). The summed E-state index contributed by atoms with van der Waals surface area (Å²) in [6.45, 7) is 7.32. The van der Waals surface area contributed by atoms with Crippen LogP contribution in [0.1, 0.15) is 34.1 Å². The van der Waals surface area contributed by atoms with Crippen molar-refractivity contribution in [3.8, 4) is 0 Å². The van der Waals surface area contributed by atoms with Crippen LogP contribution in [0.4, 0.5) is 0 Å². The van der Waals surface area contributed by atoms with Crippen LogP contribution >= 0.6 is 0 Å². The Morgan fingerprint density at radius 3 is 1.44 bits per heavy atom. The lowest BCUT2D eigenvalue weighted by molar-refractivity contribution is 0.255. The zero-order valence-corrected chi connectivity index (χ0v) is 6.71. The Morgan fingerprint density at radius 1 is 1.11 bits per heavy atom. The topological polar surface area (TPSA) is 47.6 Å². The van der Waals surface area contributed by atoms with Gasteiger partial charge >= 0.3 is 0 Å². The van der Waals surface area contributed by atoms with Gasteiger partial charge in [0.1, 0.15) is 0 Å². The number of hydrogen-bond acceptors (Lipinski definition) is 0. The van der Waals surface area contributed by atoms with Gasteiger partial charge in [-0.1, -0.05) is 6.92 Å². The molecule has 9 heavy (non-hydrogen) atoms. The summed E-state index contributed by atoms with van der Waals surface area (Å²) in [7, 11) is 0. The molecule has 2 N–H and O–H groups in total. The van der Waals surface area contributed by atoms with E-state index in [-0.39, 0.29) is 0 Å². The van der Waals surface area contributed by atoms with Crippen LogP contribution in [0.15, 0.2) is 0 Å². The van der Waals surface area contributed by atoms with Gasteiger partial charge in [0, 0.05) is 11.1 Å². The molecule has 0 aromatic heterocycles. The third-order valence-corrected chi connectivity index (χ3v) is 2.09. The Labute approximate surface area is 57.6 Å². The Morgan fingerprint density at radius 2 is 1.44 bits per heavy atom. The molecule has 2 heteroatoms. The van der Waals surface area contributed by atoms with E-state index >= 15 is 0 Å². The monoisotopic (exact) mass is 128 g/mol. The fraction of sp³-hybridized carbons (Fsp3) is 1.00. The Kier molecular flexibility index (Phi) is 2.25. The molecular weight excluding hydrogens is 112 g/mol. The number of hydrogen-bond donors (Lipinski definition) is 0. The predicted octanol–water partition coefficient (Wildman–Crippen LogP) is 1.50. The lowest BCUT2D eigenvalue weighted by Crippen LogP contribution is -2.49. The molecule has 0 amide bonds. The summed E-state index contributed by atoms with van der Waals surface area (Å²) < 4.78 is 0. The minimum atomic E-state index is -0.637. The summed E-state index contributed by atoms with van der Waals surface area (Å²) in [6.07, 6.45) is 0.740. The largest absolute Gasteiger partial charge is 0.250 e. The maximum Gasteiger partial charge on any atom is 0.0482 e. The molecule has 54 valence electrons. The zero-order valence-electron chi connectivity index (χ0n) is 6.71. The van der Waals surface area contributed by atoms with Gasteiger partial charge in [-0.2, -0.15) is 0 Å². The highest BCUT2D eigenvalue weighted by atomic mass is 14.9. The molecule has 1 atom stereocenters. The van der Waals surface area contributed by atoms with Crippen molar-refractivity contribution in [3.05, 3.63) is 0 Å². The van der Waals surface area contributed by atoms with Crippen LogP contribution < -0.4 is 11.5 Å². The highest BCUT2D eigenvalue weighted by Crippen LogP contribution is 2.22. The zero-order chi connectivity index (χ0) is 7.71. The van der Waals surface area contributed by atoms with Crippen molar-refractivity contribution in [2.75, 3.05) is 0 Å². The van der Waals surface area contributed by atoms with Crippen molar-refractivity contribution in [1.29, 1.82) is 0 Å². The van der Waals surface area contributed by atoms with Gasteiger partial charge in [-0.3, -0.25) is 0 Å². The van der Waals surface area contributed by atoms with Crippen LogP contribution in [0.5, 0.6) is 0 Å². The normalized spacial score (nSPS) is 19.3. The Bertz CT molecular complexity index is 89.6. The van der Waals surface area contributed by atoms with E-state index in [4.69, 9.17) is 11.5 Å². The van der Waals surface area contributed by atoms with Crippen molar-refractivity contribution >= 4 is 0 Å². The third-order valence-electron chi connectivity index (χ3n) is 2.09. The molecule has 0 saturated carbocycles. The molecule has 0 aliphatic rings. The Hall–Kier alpha value is -0.0800. The fourth-order valence-corrected chi connectivity index (χ4v) is 0.442.